The molecule has 0 radical (unpaired) electrons. The van der Waals surface area contributed by atoms with E-state index in [0.29, 0.717) is 5.69 Å². The van der Waals surface area contributed by atoms with Crippen molar-refractivity contribution in [2.75, 3.05) is 18.5 Å². The lowest BCUT2D eigenvalue weighted by atomic mass is 10.2. The molecule has 2 aromatic carbocycles. The molecule has 0 saturated carbocycles. The molecular formula is C22H23NO6. The van der Waals surface area contributed by atoms with Gasteiger partial charge < -0.3 is 19.5 Å². The van der Waals surface area contributed by atoms with E-state index in [0.717, 1.165) is 5.56 Å². The van der Waals surface area contributed by atoms with Crippen molar-refractivity contribution in [2.45, 2.75) is 20.5 Å². The molecule has 2 aromatic rings. The molecule has 0 fully saturated rings. The Kier molecular flexibility index (Phi) is 8.44. The van der Waals surface area contributed by atoms with Crippen molar-refractivity contribution in [1.82, 2.24) is 0 Å². The van der Waals surface area contributed by atoms with Crippen LogP contribution in [0.5, 0.6) is 5.75 Å². The maximum atomic E-state index is 12.2. The van der Waals surface area contributed by atoms with E-state index < -0.39 is 11.9 Å². The second-order valence-corrected chi connectivity index (χ2v) is 5.77. The summed E-state index contributed by atoms with van der Waals surface area (Å²) in [5, 5.41) is 2.81. The number of rotatable bonds is 9. The molecule has 0 aliphatic rings. The number of ether oxygens (including phenoxy) is 3. The molecule has 0 amide bonds. The third-order valence-corrected chi connectivity index (χ3v) is 3.68. The molecule has 0 heterocycles. The molecule has 2 rings (SSSR count). The van der Waals surface area contributed by atoms with Crippen LogP contribution in [0.15, 0.2) is 71.2 Å². The van der Waals surface area contributed by atoms with Crippen LogP contribution in [-0.2, 0) is 25.7 Å². The van der Waals surface area contributed by atoms with Gasteiger partial charge in [0.25, 0.3) is 0 Å². The van der Waals surface area contributed by atoms with Gasteiger partial charge in [-0.2, -0.15) is 0 Å². The topological polar surface area (TPSA) is 90.9 Å². The molecular weight excluding hydrogens is 374 g/mol. The summed E-state index contributed by atoms with van der Waals surface area (Å²) in [5.41, 5.74) is 0.841. The van der Waals surface area contributed by atoms with E-state index in [9.17, 15) is 14.4 Å². The Labute approximate surface area is 168 Å². The Morgan fingerprint density at radius 2 is 1.52 bits per heavy atom. The minimum Gasteiger partial charge on any atom is -0.485 e. The number of carbonyl (C=O) groups excluding carboxylic acids is 2. The summed E-state index contributed by atoms with van der Waals surface area (Å²) in [5.74, 6) is -1.41. The van der Waals surface area contributed by atoms with Gasteiger partial charge in [0.2, 0.25) is 5.43 Å². The van der Waals surface area contributed by atoms with Crippen molar-refractivity contribution >= 4 is 17.6 Å². The van der Waals surface area contributed by atoms with Crippen LogP contribution in [0.3, 0.4) is 0 Å². The first-order valence-corrected chi connectivity index (χ1v) is 9.17. The van der Waals surface area contributed by atoms with Gasteiger partial charge in [0, 0.05) is 11.9 Å². The van der Waals surface area contributed by atoms with Crippen LogP contribution in [0.1, 0.15) is 19.4 Å². The summed E-state index contributed by atoms with van der Waals surface area (Å²) in [4.78, 5) is 36.1. The molecule has 0 saturated heterocycles. The second-order valence-electron chi connectivity index (χ2n) is 5.77. The van der Waals surface area contributed by atoms with Gasteiger partial charge in [-0.3, -0.25) is 4.79 Å². The van der Waals surface area contributed by atoms with Gasteiger partial charge in [0.1, 0.15) is 6.61 Å². The quantitative estimate of drug-likeness (QED) is 0.301. The molecule has 0 bridgehead atoms. The molecule has 7 nitrogen and oxygen atoms in total. The lowest BCUT2D eigenvalue weighted by molar-refractivity contribution is -0.146. The van der Waals surface area contributed by atoms with E-state index in [1.165, 1.54) is 24.4 Å². The minimum absolute atomic E-state index is 0.123. The summed E-state index contributed by atoms with van der Waals surface area (Å²) in [6, 6.07) is 15.5. The van der Waals surface area contributed by atoms with Gasteiger partial charge in [-0.25, -0.2) is 9.59 Å². The van der Waals surface area contributed by atoms with Crippen LogP contribution in [0.25, 0.3) is 0 Å². The molecule has 0 aliphatic heterocycles. The van der Waals surface area contributed by atoms with Crippen molar-refractivity contribution in [1.29, 1.82) is 0 Å². The maximum absolute atomic E-state index is 12.2. The van der Waals surface area contributed by atoms with E-state index >= 15 is 0 Å². The summed E-state index contributed by atoms with van der Waals surface area (Å²) in [6.07, 6.45) is 1.19. The zero-order chi connectivity index (χ0) is 21.1. The van der Waals surface area contributed by atoms with E-state index in [1.54, 1.807) is 19.9 Å². The van der Waals surface area contributed by atoms with E-state index in [-0.39, 0.29) is 36.6 Å². The molecule has 0 aromatic heterocycles. The van der Waals surface area contributed by atoms with Crippen molar-refractivity contribution in [2.24, 2.45) is 0 Å². The Bertz CT molecular complexity index is 904. The number of hydrogen-bond acceptors (Lipinski definition) is 7. The number of benzene rings is 1. The van der Waals surface area contributed by atoms with E-state index in [1.807, 2.05) is 30.3 Å². The van der Waals surface area contributed by atoms with Crippen LogP contribution < -0.4 is 15.5 Å². The zero-order valence-corrected chi connectivity index (χ0v) is 16.3. The minimum atomic E-state index is -0.796. The first kappa shape index (κ1) is 21.7. The molecule has 1 N–H and O–H groups in total. The van der Waals surface area contributed by atoms with Crippen LogP contribution in [-0.4, -0.2) is 25.2 Å². The highest BCUT2D eigenvalue weighted by atomic mass is 16.6. The third-order valence-electron chi connectivity index (χ3n) is 3.68. The largest absolute Gasteiger partial charge is 0.485 e. The number of esters is 2. The second kappa shape index (κ2) is 11.3. The fraction of sp³-hybridized carbons (Fsp3) is 0.227. The third kappa shape index (κ3) is 6.80. The zero-order valence-electron chi connectivity index (χ0n) is 16.3. The maximum Gasteiger partial charge on any atom is 0.347 e. The van der Waals surface area contributed by atoms with Gasteiger partial charge in [-0.1, -0.05) is 30.3 Å². The Hall–Kier alpha value is -3.61. The first-order valence-electron chi connectivity index (χ1n) is 9.17. The average Bonchev–Trinajstić information content (AvgIpc) is 2.89. The molecule has 0 spiro atoms. The van der Waals surface area contributed by atoms with Gasteiger partial charge >= 0.3 is 11.9 Å². The summed E-state index contributed by atoms with van der Waals surface area (Å²) in [6.45, 7) is 3.78. The van der Waals surface area contributed by atoms with Crippen LogP contribution in [0, 0.1) is 0 Å². The molecule has 152 valence electrons. The predicted octanol–water partition coefficient (Wildman–Crippen LogP) is 3.05. The fourth-order valence-corrected chi connectivity index (χ4v) is 2.28. The van der Waals surface area contributed by atoms with Crippen LogP contribution in [0.2, 0.25) is 0 Å². The molecule has 0 aliphatic carbocycles. The predicted molar refractivity (Wildman–Crippen MR) is 108 cm³/mol. The number of hydrogen-bond donors (Lipinski definition) is 1. The Morgan fingerprint density at radius 3 is 2.14 bits per heavy atom. The summed E-state index contributed by atoms with van der Waals surface area (Å²) >= 11 is 0. The highest BCUT2D eigenvalue weighted by Gasteiger charge is 2.20. The first-order chi connectivity index (χ1) is 14.0. The van der Waals surface area contributed by atoms with E-state index in [2.05, 4.69) is 5.32 Å². The van der Waals surface area contributed by atoms with Gasteiger partial charge in [-0.15, -0.1) is 0 Å². The molecule has 0 unspecified atom stereocenters. The number of anilines is 1. The Morgan fingerprint density at radius 1 is 0.897 bits per heavy atom. The monoisotopic (exact) mass is 397 g/mol. The molecule has 7 heteroatoms. The molecule has 0 atom stereocenters. The Balaban J connectivity index is 2.16. The average molecular weight is 397 g/mol. The van der Waals surface area contributed by atoms with Crippen molar-refractivity contribution < 1.29 is 23.8 Å². The lowest BCUT2D eigenvalue weighted by Crippen LogP contribution is -2.19. The van der Waals surface area contributed by atoms with Gasteiger partial charge in [0.05, 0.1) is 13.2 Å². The standard InChI is InChI=1S/C22H23NO6/c1-3-27-21(25)18(22(26)28-4-2)14-23-17-10-12-19(24)20(13-11-17)29-15-16-8-6-5-7-9-16/h5-14,23H,3-4,15H2,1-2H3. The molecule has 29 heavy (non-hydrogen) atoms. The van der Waals surface area contributed by atoms with Crippen LogP contribution >= 0.6 is 0 Å². The highest BCUT2D eigenvalue weighted by Crippen LogP contribution is 2.12. The summed E-state index contributed by atoms with van der Waals surface area (Å²) < 4.78 is 15.3. The smallest absolute Gasteiger partial charge is 0.347 e. The van der Waals surface area contributed by atoms with Crippen molar-refractivity contribution in [3.05, 3.63) is 82.2 Å². The van der Waals surface area contributed by atoms with Crippen LogP contribution in [0.4, 0.5) is 5.69 Å². The highest BCUT2D eigenvalue weighted by molar-refractivity contribution is 6.14. The summed E-state index contributed by atoms with van der Waals surface area (Å²) in [7, 11) is 0. The SMILES string of the molecule is CCOC(=O)C(=CNc1ccc(OCc2ccccc2)c(=O)cc1)C(=O)OCC. The van der Waals surface area contributed by atoms with Crippen molar-refractivity contribution in [3.8, 4) is 5.75 Å². The normalized spacial score (nSPS) is 9.86. The number of carbonyl (C=O) groups is 2. The van der Waals surface area contributed by atoms with E-state index in [4.69, 9.17) is 14.2 Å². The van der Waals surface area contributed by atoms with Gasteiger partial charge in [0.15, 0.2) is 11.3 Å². The van der Waals surface area contributed by atoms with Crippen molar-refractivity contribution in [3.63, 3.8) is 0 Å². The fourth-order valence-electron chi connectivity index (χ4n) is 2.28. The number of nitrogens with one attached hydrogen (secondary N) is 1. The van der Waals surface area contributed by atoms with Gasteiger partial charge in [-0.05, 0) is 43.7 Å². The lowest BCUT2D eigenvalue weighted by Gasteiger charge is -2.07.